The maximum absolute atomic E-state index is 5.56. The Bertz CT molecular complexity index is 289. The number of aromatic nitrogens is 1. The molecular formula is C14H22N2. The highest BCUT2D eigenvalue weighted by atomic mass is 14.6. The molecule has 0 amide bonds. The molecular weight excluding hydrogens is 196 g/mol. The van der Waals surface area contributed by atoms with Crippen molar-refractivity contribution in [2.75, 3.05) is 6.54 Å². The van der Waals surface area contributed by atoms with Crippen molar-refractivity contribution >= 4 is 0 Å². The van der Waals surface area contributed by atoms with E-state index in [9.17, 15) is 0 Å². The Morgan fingerprint density at radius 1 is 1.25 bits per heavy atom. The molecule has 0 atom stereocenters. The van der Waals surface area contributed by atoms with Crippen molar-refractivity contribution in [1.29, 1.82) is 0 Å². The third-order valence-corrected chi connectivity index (χ3v) is 3.82. The van der Waals surface area contributed by atoms with Crippen LogP contribution in [0.1, 0.15) is 50.0 Å². The average Bonchev–Trinajstić information content (AvgIpc) is 2.38. The summed E-state index contributed by atoms with van der Waals surface area (Å²) in [6.45, 7) is 0.850. The number of hydrogen-bond acceptors (Lipinski definition) is 2. The Morgan fingerprint density at radius 3 is 2.69 bits per heavy atom. The smallest absolute Gasteiger partial charge is 0.0302 e. The van der Waals surface area contributed by atoms with Crippen molar-refractivity contribution in [3.8, 4) is 0 Å². The number of rotatable bonds is 4. The summed E-state index contributed by atoms with van der Waals surface area (Å²) >= 11 is 0. The van der Waals surface area contributed by atoms with Gasteiger partial charge in [0.1, 0.15) is 0 Å². The molecule has 0 saturated heterocycles. The minimum Gasteiger partial charge on any atom is -0.330 e. The Morgan fingerprint density at radius 2 is 2.06 bits per heavy atom. The highest BCUT2D eigenvalue weighted by Crippen LogP contribution is 2.36. The van der Waals surface area contributed by atoms with E-state index in [0.29, 0.717) is 0 Å². The van der Waals surface area contributed by atoms with Crippen LogP contribution in [-0.2, 0) is 0 Å². The normalized spacial score (nSPS) is 25.6. The van der Waals surface area contributed by atoms with E-state index in [1.54, 1.807) is 0 Å². The second-order valence-electron chi connectivity index (χ2n) is 4.93. The molecule has 2 N–H and O–H groups in total. The van der Waals surface area contributed by atoms with Crippen LogP contribution in [0.15, 0.2) is 24.5 Å². The van der Waals surface area contributed by atoms with Gasteiger partial charge in [-0.2, -0.15) is 0 Å². The van der Waals surface area contributed by atoms with Crippen LogP contribution in [-0.4, -0.2) is 11.5 Å². The molecule has 0 unspecified atom stereocenters. The topological polar surface area (TPSA) is 38.9 Å². The van der Waals surface area contributed by atoms with E-state index in [4.69, 9.17) is 5.73 Å². The summed E-state index contributed by atoms with van der Waals surface area (Å²) < 4.78 is 0. The third kappa shape index (κ3) is 3.05. The van der Waals surface area contributed by atoms with Gasteiger partial charge in [0.25, 0.3) is 0 Å². The van der Waals surface area contributed by atoms with Gasteiger partial charge < -0.3 is 5.73 Å². The van der Waals surface area contributed by atoms with Crippen LogP contribution in [0.2, 0.25) is 0 Å². The van der Waals surface area contributed by atoms with E-state index < -0.39 is 0 Å². The average molecular weight is 218 g/mol. The molecule has 1 aromatic heterocycles. The lowest BCUT2D eigenvalue weighted by atomic mass is 9.77. The van der Waals surface area contributed by atoms with Gasteiger partial charge in [0.05, 0.1) is 0 Å². The van der Waals surface area contributed by atoms with E-state index in [-0.39, 0.29) is 0 Å². The van der Waals surface area contributed by atoms with Crippen LogP contribution in [0.4, 0.5) is 0 Å². The molecule has 0 aromatic carbocycles. The van der Waals surface area contributed by atoms with Crippen LogP contribution in [0.5, 0.6) is 0 Å². The van der Waals surface area contributed by atoms with E-state index in [0.717, 1.165) is 18.4 Å². The molecule has 88 valence electrons. The van der Waals surface area contributed by atoms with E-state index in [1.165, 1.54) is 44.1 Å². The Hall–Kier alpha value is -0.890. The molecule has 1 heterocycles. The largest absolute Gasteiger partial charge is 0.330 e. The van der Waals surface area contributed by atoms with Crippen LogP contribution in [0.25, 0.3) is 0 Å². The second-order valence-corrected chi connectivity index (χ2v) is 4.93. The zero-order valence-corrected chi connectivity index (χ0v) is 9.94. The number of nitrogens with zero attached hydrogens (tertiary/aromatic N) is 1. The van der Waals surface area contributed by atoms with Gasteiger partial charge in [-0.05, 0) is 68.5 Å². The van der Waals surface area contributed by atoms with Gasteiger partial charge in [0.2, 0.25) is 0 Å². The fraction of sp³-hybridized carbons (Fsp3) is 0.643. The van der Waals surface area contributed by atoms with Gasteiger partial charge in [-0.1, -0.05) is 6.07 Å². The first kappa shape index (κ1) is 11.6. The van der Waals surface area contributed by atoms with Crippen molar-refractivity contribution < 1.29 is 0 Å². The molecule has 0 spiro atoms. The minimum absolute atomic E-state index is 0.753. The van der Waals surface area contributed by atoms with Crippen molar-refractivity contribution in [3.63, 3.8) is 0 Å². The SMILES string of the molecule is NCCCC1CCC(c2cccnc2)CC1. The summed E-state index contributed by atoms with van der Waals surface area (Å²) in [5, 5.41) is 0. The van der Waals surface area contributed by atoms with Gasteiger partial charge >= 0.3 is 0 Å². The lowest BCUT2D eigenvalue weighted by Crippen LogP contribution is -2.14. The lowest BCUT2D eigenvalue weighted by Gasteiger charge is -2.28. The first-order chi connectivity index (χ1) is 7.90. The molecule has 2 heteroatoms. The van der Waals surface area contributed by atoms with Gasteiger partial charge in [-0.3, -0.25) is 4.98 Å². The molecule has 1 fully saturated rings. The highest BCUT2D eigenvalue weighted by Gasteiger charge is 2.21. The maximum Gasteiger partial charge on any atom is 0.0302 e. The van der Waals surface area contributed by atoms with Crippen LogP contribution < -0.4 is 5.73 Å². The molecule has 1 saturated carbocycles. The predicted molar refractivity (Wildman–Crippen MR) is 67.2 cm³/mol. The summed E-state index contributed by atoms with van der Waals surface area (Å²) in [6.07, 6.45) is 11.8. The standard InChI is InChI=1S/C14H22N2/c15-9-1-3-12-5-7-13(8-6-12)14-4-2-10-16-11-14/h2,4,10-13H,1,3,5-9,15H2. The van der Waals surface area contributed by atoms with Gasteiger partial charge in [-0.25, -0.2) is 0 Å². The molecule has 0 bridgehead atoms. The van der Waals surface area contributed by atoms with Crippen LogP contribution in [0, 0.1) is 5.92 Å². The maximum atomic E-state index is 5.56. The van der Waals surface area contributed by atoms with Crippen molar-refractivity contribution in [2.45, 2.75) is 44.4 Å². The molecule has 2 rings (SSSR count). The quantitative estimate of drug-likeness (QED) is 0.843. The Labute approximate surface area is 98.3 Å². The van der Waals surface area contributed by atoms with Crippen molar-refractivity contribution in [3.05, 3.63) is 30.1 Å². The molecule has 0 aliphatic heterocycles. The van der Waals surface area contributed by atoms with E-state index >= 15 is 0 Å². The summed E-state index contributed by atoms with van der Waals surface area (Å²) in [4.78, 5) is 4.21. The molecule has 2 nitrogen and oxygen atoms in total. The first-order valence-corrected chi connectivity index (χ1v) is 6.50. The fourth-order valence-corrected chi connectivity index (χ4v) is 2.81. The fourth-order valence-electron chi connectivity index (χ4n) is 2.81. The first-order valence-electron chi connectivity index (χ1n) is 6.50. The Balaban J connectivity index is 1.81. The monoisotopic (exact) mass is 218 g/mol. The van der Waals surface area contributed by atoms with E-state index in [2.05, 4.69) is 17.1 Å². The van der Waals surface area contributed by atoms with Gasteiger partial charge in [0.15, 0.2) is 0 Å². The van der Waals surface area contributed by atoms with Crippen LogP contribution >= 0.6 is 0 Å². The zero-order chi connectivity index (χ0) is 11.2. The van der Waals surface area contributed by atoms with Gasteiger partial charge in [-0.15, -0.1) is 0 Å². The lowest BCUT2D eigenvalue weighted by molar-refractivity contribution is 0.306. The molecule has 0 radical (unpaired) electrons. The molecule has 1 aromatic rings. The summed E-state index contributed by atoms with van der Waals surface area (Å²) in [7, 11) is 0. The minimum atomic E-state index is 0.753. The zero-order valence-electron chi connectivity index (χ0n) is 9.94. The summed E-state index contributed by atoms with van der Waals surface area (Å²) in [5.74, 6) is 1.68. The third-order valence-electron chi connectivity index (χ3n) is 3.82. The number of nitrogens with two attached hydrogens (primary N) is 1. The molecule has 1 aliphatic carbocycles. The van der Waals surface area contributed by atoms with E-state index in [1.807, 2.05) is 12.4 Å². The summed E-state index contributed by atoms with van der Waals surface area (Å²) in [5.41, 5.74) is 6.99. The van der Waals surface area contributed by atoms with Gasteiger partial charge in [0, 0.05) is 12.4 Å². The predicted octanol–water partition coefficient (Wildman–Crippen LogP) is 3.09. The number of hydrogen-bond donors (Lipinski definition) is 1. The van der Waals surface area contributed by atoms with Crippen LogP contribution in [0.3, 0.4) is 0 Å². The second kappa shape index (κ2) is 6.00. The Kier molecular flexibility index (Phi) is 4.34. The summed E-state index contributed by atoms with van der Waals surface area (Å²) in [6, 6.07) is 4.27. The van der Waals surface area contributed by atoms with Crippen molar-refractivity contribution in [1.82, 2.24) is 4.98 Å². The molecule has 1 aliphatic rings. The number of pyridine rings is 1. The van der Waals surface area contributed by atoms with Crippen molar-refractivity contribution in [2.24, 2.45) is 11.7 Å². The highest BCUT2D eigenvalue weighted by molar-refractivity contribution is 5.15. The molecule has 16 heavy (non-hydrogen) atoms.